The second kappa shape index (κ2) is 8.42. The normalized spacial score (nSPS) is 11.4. The molecule has 9 heteroatoms. The van der Waals surface area contributed by atoms with Crippen LogP contribution < -0.4 is 0 Å². The number of imidazole rings is 1. The Kier molecular flexibility index (Phi) is 5.41. The minimum atomic E-state index is -1.12. The number of nitrogens with zero attached hydrogens (tertiary/aromatic N) is 3. The predicted molar refractivity (Wildman–Crippen MR) is 128 cm³/mol. The molecule has 0 spiro atoms. The highest BCUT2D eigenvalue weighted by Crippen LogP contribution is 2.47. The average molecular weight is 520 g/mol. The summed E-state index contributed by atoms with van der Waals surface area (Å²) in [5.41, 5.74) is 4.99. The Hall–Kier alpha value is -3.98. The number of rotatable bonds is 6. The molecular formula is C25H18BrN3O5. The molecule has 0 atom stereocenters. The van der Waals surface area contributed by atoms with Crippen LogP contribution in [0.3, 0.4) is 0 Å². The standard InChI is InChI=1S/C25H18BrN3O5/c1-2-20-27-18-7-8-19(25(32)33)28-23(18)29(20)11-16-13-9-10-34-12-17(13)22(26)21(16)14-5-3-4-6-15(14)24(30)31/h3-10,12H,2,11H2,1H3,(H,30,31)(H,32,33). The average Bonchev–Trinajstić information content (AvgIpc) is 3.33. The van der Waals surface area contributed by atoms with Gasteiger partial charge in [0.05, 0.1) is 24.6 Å². The van der Waals surface area contributed by atoms with Gasteiger partial charge < -0.3 is 19.2 Å². The molecule has 1 aliphatic heterocycles. The van der Waals surface area contributed by atoms with Crippen LogP contribution in [0.25, 0.3) is 33.4 Å². The molecular weight excluding hydrogens is 502 g/mol. The first-order valence-corrected chi connectivity index (χ1v) is 11.3. The van der Waals surface area contributed by atoms with E-state index in [1.807, 2.05) is 17.6 Å². The van der Waals surface area contributed by atoms with E-state index in [9.17, 15) is 19.8 Å². The lowest BCUT2D eigenvalue weighted by Gasteiger charge is -2.13. The molecule has 0 amide bonds. The van der Waals surface area contributed by atoms with Gasteiger partial charge in [-0.05, 0) is 56.9 Å². The van der Waals surface area contributed by atoms with E-state index in [1.54, 1.807) is 42.9 Å². The molecule has 2 N–H and O–H groups in total. The number of fused-ring (bicyclic) bond motifs is 2. The molecule has 1 aliphatic carbocycles. The number of pyridine rings is 1. The molecule has 0 unspecified atom stereocenters. The third-order valence-corrected chi connectivity index (χ3v) is 6.65. The fourth-order valence-corrected chi connectivity index (χ4v) is 5.06. The number of halogens is 1. The van der Waals surface area contributed by atoms with Crippen LogP contribution in [0.1, 0.15) is 39.2 Å². The summed E-state index contributed by atoms with van der Waals surface area (Å²) in [7, 11) is 0. The van der Waals surface area contributed by atoms with Crippen molar-refractivity contribution in [2.75, 3.05) is 0 Å². The number of carbonyl (C=O) groups is 2. The Morgan fingerprint density at radius 3 is 2.53 bits per heavy atom. The van der Waals surface area contributed by atoms with Gasteiger partial charge in [0.25, 0.3) is 0 Å². The quantitative estimate of drug-likeness (QED) is 0.301. The number of aryl methyl sites for hydroxylation is 1. The predicted octanol–water partition coefficient (Wildman–Crippen LogP) is 5.57. The fourth-order valence-electron chi connectivity index (χ4n) is 4.30. The first-order chi connectivity index (χ1) is 16.4. The Morgan fingerprint density at radius 1 is 1.00 bits per heavy atom. The second-order valence-corrected chi connectivity index (χ2v) is 8.51. The summed E-state index contributed by atoms with van der Waals surface area (Å²) in [4.78, 5) is 32.6. The van der Waals surface area contributed by atoms with Gasteiger partial charge >= 0.3 is 11.9 Å². The minimum absolute atomic E-state index is 0.0694. The van der Waals surface area contributed by atoms with Crippen LogP contribution in [0.4, 0.5) is 0 Å². The monoisotopic (exact) mass is 519 g/mol. The van der Waals surface area contributed by atoms with Crippen LogP contribution >= 0.6 is 15.9 Å². The van der Waals surface area contributed by atoms with E-state index < -0.39 is 11.9 Å². The van der Waals surface area contributed by atoms with Gasteiger partial charge in [-0.1, -0.05) is 25.1 Å². The maximum Gasteiger partial charge on any atom is 0.354 e. The number of aromatic carboxylic acids is 2. The molecule has 0 saturated heterocycles. The third kappa shape index (κ3) is 3.45. The van der Waals surface area contributed by atoms with Crippen LogP contribution in [0, 0.1) is 0 Å². The lowest BCUT2D eigenvalue weighted by molar-refractivity contribution is 0.0683. The van der Waals surface area contributed by atoms with Gasteiger partial charge in [0.1, 0.15) is 11.3 Å². The van der Waals surface area contributed by atoms with E-state index in [2.05, 4.69) is 25.9 Å². The van der Waals surface area contributed by atoms with Crippen molar-refractivity contribution in [2.45, 2.75) is 19.9 Å². The largest absolute Gasteiger partial charge is 0.478 e. The molecule has 8 nitrogen and oxygen atoms in total. The summed E-state index contributed by atoms with van der Waals surface area (Å²) in [5, 5.41) is 19.3. The Labute approximate surface area is 202 Å². The summed E-state index contributed by atoms with van der Waals surface area (Å²) < 4.78 is 8.01. The lowest BCUT2D eigenvalue weighted by Crippen LogP contribution is -2.08. The molecule has 1 aromatic carbocycles. The van der Waals surface area contributed by atoms with Gasteiger partial charge in [0.2, 0.25) is 0 Å². The smallest absolute Gasteiger partial charge is 0.354 e. The highest BCUT2D eigenvalue weighted by atomic mass is 79.9. The van der Waals surface area contributed by atoms with Crippen LogP contribution in [-0.2, 0) is 13.0 Å². The van der Waals surface area contributed by atoms with Gasteiger partial charge in [0.15, 0.2) is 11.3 Å². The molecule has 0 bridgehead atoms. The fraction of sp³-hybridized carbons (Fsp3) is 0.120. The summed E-state index contributed by atoms with van der Waals surface area (Å²) in [6.45, 7) is 2.28. The van der Waals surface area contributed by atoms with Crippen molar-refractivity contribution >= 4 is 39.0 Å². The van der Waals surface area contributed by atoms with Crippen LogP contribution in [-0.4, -0.2) is 36.7 Å². The zero-order chi connectivity index (χ0) is 24.0. The molecule has 2 aromatic heterocycles. The Balaban J connectivity index is 1.80. The number of aromatic nitrogens is 3. The molecule has 3 heterocycles. The SMILES string of the molecule is CCc1nc2ccc(C(=O)O)nc2n1Cc1c2ccocc-2c(Br)c1-c1ccccc1C(=O)O. The molecule has 0 fully saturated rings. The van der Waals surface area contributed by atoms with E-state index in [0.717, 1.165) is 32.6 Å². The van der Waals surface area contributed by atoms with Gasteiger partial charge in [-0.2, -0.15) is 0 Å². The van der Waals surface area contributed by atoms with Crippen molar-refractivity contribution < 1.29 is 24.2 Å². The zero-order valence-electron chi connectivity index (χ0n) is 17.9. The summed E-state index contributed by atoms with van der Waals surface area (Å²) in [5.74, 6) is -1.40. The van der Waals surface area contributed by atoms with Crippen molar-refractivity contribution in [1.82, 2.24) is 14.5 Å². The van der Waals surface area contributed by atoms with E-state index in [1.165, 1.54) is 6.07 Å². The van der Waals surface area contributed by atoms with Crippen LogP contribution in [0.5, 0.6) is 0 Å². The van der Waals surface area contributed by atoms with Crippen molar-refractivity contribution in [3.05, 3.63) is 82.1 Å². The summed E-state index contributed by atoms with van der Waals surface area (Å²) in [6.07, 6.45) is 3.79. The van der Waals surface area contributed by atoms with Gasteiger partial charge in [-0.25, -0.2) is 19.6 Å². The van der Waals surface area contributed by atoms with Crippen molar-refractivity contribution in [3.63, 3.8) is 0 Å². The molecule has 0 saturated carbocycles. The zero-order valence-corrected chi connectivity index (χ0v) is 19.5. The highest BCUT2D eigenvalue weighted by Gasteiger charge is 2.27. The van der Waals surface area contributed by atoms with Crippen LogP contribution in [0.2, 0.25) is 0 Å². The first kappa shape index (κ1) is 21.8. The first-order valence-electron chi connectivity index (χ1n) is 10.5. The van der Waals surface area contributed by atoms with Gasteiger partial charge in [0, 0.05) is 22.0 Å². The van der Waals surface area contributed by atoms with Gasteiger partial charge in [-0.15, -0.1) is 0 Å². The Bertz CT molecular complexity index is 1550. The van der Waals surface area contributed by atoms with E-state index >= 15 is 0 Å². The van der Waals surface area contributed by atoms with Gasteiger partial charge in [-0.3, -0.25) is 0 Å². The second-order valence-electron chi connectivity index (χ2n) is 7.71. The Morgan fingerprint density at radius 2 is 1.79 bits per heavy atom. The maximum atomic E-state index is 12.0. The number of benzene rings is 1. The van der Waals surface area contributed by atoms with Crippen LogP contribution in [0.15, 0.2) is 63.9 Å². The number of hydrogen-bond donors (Lipinski definition) is 2. The molecule has 5 rings (SSSR count). The van der Waals surface area contributed by atoms with Crippen molar-refractivity contribution in [3.8, 4) is 22.3 Å². The number of carboxylic acid groups (broad SMARTS) is 2. The highest BCUT2D eigenvalue weighted by molar-refractivity contribution is 9.10. The molecule has 2 aliphatic rings. The topological polar surface area (TPSA) is 118 Å². The van der Waals surface area contributed by atoms with E-state index in [-0.39, 0.29) is 11.3 Å². The maximum absolute atomic E-state index is 12.0. The molecule has 0 radical (unpaired) electrons. The molecule has 3 aromatic rings. The van der Waals surface area contributed by atoms with Crippen molar-refractivity contribution in [2.24, 2.45) is 0 Å². The third-order valence-electron chi connectivity index (χ3n) is 5.82. The summed E-state index contributed by atoms with van der Waals surface area (Å²) in [6, 6.07) is 11.8. The minimum Gasteiger partial charge on any atom is -0.478 e. The van der Waals surface area contributed by atoms with E-state index in [4.69, 9.17) is 4.42 Å². The number of carboxylic acids is 2. The lowest BCUT2D eigenvalue weighted by atomic mass is 9.98. The number of hydrogen-bond acceptors (Lipinski definition) is 5. The van der Waals surface area contributed by atoms with Crippen molar-refractivity contribution in [1.29, 1.82) is 0 Å². The summed E-state index contributed by atoms with van der Waals surface area (Å²) >= 11 is 3.67. The molecule has 34 heavy (non-hydrogen) atoms. The molecule has 170 valence electrons. The van der Waals surface area contributed by atoms with E-state index in [0.29, 0.717) is 29.7 Å².